The zero-order chi connectivity index (χ0) is 16.5. The standard InChI is InChI=1S/C12H19N3O.C5H11NO/c1-2-3-10-8-13-12(14-9-10)15-6-4-11(16)5-7-15;7-5-1-3-6-4-2-5/h8-9,11,16H,2-7H2,1H3;5-7H,1-4H2. The highest BCUT2D eigenvalue weighted by molar-refractivity contribution is 5.30. The summed E-state index contributed by atoms with van der Waals surface area (Å²) < 4.78 is 0. The van der Waals surface area contributed by atoms with Crippen molar-refractivity contribution in [3.63, 3.8) is 0 Å². The van der Waals surface area contributed by atoms with E-state index in [0.29, 0.717) is 0 Å². The van der Waals surface area contributed by atoms with Gasteiger partial charge in [0.15, 0.2) is 0 Å². The van der Waals surface area contributed by atoms with Crippen molar-refractivity contribution in [2.24, 2.45) is 0 Å². The van der Waals surface area contributed by atoms with E-state index in [1.807, 2.05) is 12.4 Å². The van der Waals surface area contributed by atoms with Gasteiger partial charge in [0.05, 0.1) is 12.2 Å². The van der Waals surface area contributed by atoms with Crippen molar-refractivity contribution in [1.29, 1.82) is 0 Å². The highest BCUT2D eigenvalue weighted by Gasteiger charge is 2.18. The largest absolute Gasteiger partial charge is 0.393 e. The zero-order valence-corrected chi connectivity index (χ0v) is 14.1. The van der Waals surface area contributed by atoms with E-state index >= 15 is 0 Å². The molecule has 0 spiro atoms. The molecule has 0 saturated carbocycles. The summed E-state index contributed by atoms with van der Waals surface area (Å²) in [4.78, 5) is 10.9. The number of aliphatic hydroxyl groups excluding tert-OH is 2. The molecule has 23 heavy (non-hydrogen) atoms. The summed E-state index contributed by atoms with van der Waals surface area (Å²) >= 11 is 0. The molecule has 2 aliphatic rings. The number of nitrogens with zero attached hydrogens (tertiary/aromatic N) is 3. The molecule has 3 heterocycles. The van der Waals surface area contributed by atoms with Gasteiger partial charge < -0.3 is 20.4 Å². The molecule has 0 radical (unpaired) electrons. The van der Waals surface area contributed by atoms with E-state index in [1.165, 1.54) is 5.56 Å². The van der Waals surface area contributed by atoms with Crippen LogP contribution in [0.5, 0.6) is 0 Å². The minimum absolute atomic E-state index is 0.0266. The van der Waals surface area contributed by atoms with Crippen molar-refractivity contribution in [2.45, 2.75) is 57.7 Å². The number of aromatic nitrogens is 2. The Morgan fingerprint density at radius 3 is 2.09 bits per heavy atom. The van der Waals surface area contributed by atoms with Crippen molar-refractivity contribution < 1.29 is 10.2 Å². The molecule has 1 aromatic heterocycles. The van der Waals surface area contributed by atoms with Crippen LogP contribution in [0, 0.1) is 0 Å². The van der Waals surface area contributed by atoms with Crippen LogP contribution in [0.4, 0.5) is 5.95 Å². The maximum atomic E-state index is 9.42. The predicted molar refractivity (Wildman–Crippen MR) is 91.6 cm³/mol. The van der Waals surface area contributed by atoms with Crippen LogP contribution in [0.3, 0.4) is 0 Å². The van der Waals surface area contributed by atoms with Crippen LogP contribution in [0.1, 0.15) is 44.6 Å². The molecule has 2 saturated heterocycles. The summed E-state index contributed by atoms with van der Waals surface area (Å²) in [5.74, 6) is 0.798. The lowest BCUT2D eigenvalue weighted by atomic mass is 10.1. The molecule has 6 nitrogen and oxygen atoms in total. The Morgan fingerprint density at radius 2 is 1.61 bits per heavy atom. The van der Waals surface area contributed by atoms with Crippen molar-refractivity contribution in [2.75, 3.05) is 31.1 Å². The van der Waals surface area contributed by atoms with Gasteiger partial charge in [-0.05, 0) is 50.8 Å². The first-order valence-electron chi connectivity index (χ1n) is 8.81. The van der Waals surface area contributed by atoms with Crippen LogP contribution in [0.15, 0.2) is 12.4 Å². The van der Waals surface area contributed by atoms with E-state index in [0.717, 1.165) is 70.7 Å². The summed E-state index contributed by atoms with van der Waals surface area (Å²) in [5.41, 5.74) is 1.20. The number of aryl methyl sites for hydroxylation is 1. The minimum Gasteiger partial charge on any atom is -0.393 e. The molecular formula is C17H30N4O2. The van der Waals surface area contributed by atoms with Crippen LogP contribution in [-0.4, -0.2) is 58.6 Å². The van der Waals surface area contributed by atoms with Gasteiger partial charge in [0.1, 0.15) is 0 Å². The first kappa shape index (κ1) is 18.1. The Labute approximate surface area is 139 Å². The third-order valence-corrected chi connectivity index (χ3v) is 4.29. The van der Waals surface area contributed by atoms with E-state index in [2.05, 4.69) is 27.1 Å². The number of hydrogen-bond donors (Lipinski definition) is 3. The van der Waals surface area contributed by atoms with E-state index in [9.17, 15) is 5.11 Å². The zero-order valence-electron chi connectivity index (χ0n) is 14.1. The first-order chi connectivity index (χ1) is 11.2. The van der Waals surface area contributed by atoms with Gasteiger partial charge in [-0.15, -0.1) is 0 Å². The fourth-order valence-corrected chi connectivity index (χ4v) is 2.80. The molecule has 0 aromatic carbocycles. The van der Waals surface area contributed by atoms with Crippen LogP contribution < -0.4 is 10.2 Å². The normalized spacial score (nSPS) is 20.0. The molecule has 0 atom stereocenters. The van der Waals surface area contributed by atoms with Gasteiger partial charge in [0, 0.05) is 25.5 Å². The molecule has 1 aromatic rings. The fraction of sp³-hybridized carbons (Fsp3) is 0.765. The maximum Gasteiger partial charge on any atom is 0.225 e. The van der Waals surface area contributed by atoms with Gasteiger partial charge in [-0.3, -0.25) is 0 Å². The highest BCUT2D eigenvalue weighted by Crippen LogP contribution is 2.15. The number of anilines is 1. The van der Waals surface area contributed by atoms with Crippen molar-refractivity contribution in [3.05, 3.63) is 18.0 Å². The van der Waals surface area contributed by atoms with Gasteiger partial charge in [0.2, 0.25) is 5.95 Å². The van der Waals surface area contributed by atoms with Crippen LogP contribution in [0.25, 0.3) is 0 Å². The molecular weight excluding hydrogens is 292 g/mol. The van der Waals surface area contributed by atoms with Gasteiger partial charge in [-0.2, -0.15) is 0 Å². The molecule has 0 unspecified atom stereocenters. The van der Waals surface area contributed by atoms with Gasteiger partial charge in [-0.25, -0.2) is 9.97 Å². The summed E-state index contributed by atoms with van der Waals surface area (Å²) in [6.07, 6.45) is 9.32. The van der Waals surface area contributed by atoms with Crippen molar-refractivity contribution >= 4 is 5.95 Å². The van der Waals surface area contributed by atoms with Gasteiger partial charge >= 0.3 is 0 Å². The molecule has 2 fully saturated rings. The second-order valence-corrected chi connectivity index (χ2v) is 6.34. The number of nitrogens with one attached hydrogen (secondary N) is 1. The fourth-order valence-electron chi connectivity index (χ4n) is 2.80. The lowest BCUT2D eigenvalue weighted by molar-refractivity contribution is 0.137. The third-order valence-electron chi connectivity index (χ3n) is 4.29. The maximum absolute atomic E-state index is 9.42. The predicted octanol–water partition coefficient (Wildman–Crippen LogP) is 1.12. The molecule has 2 aliphatic heterocycles. The van der Waals surface area contributed by atoms with Crippen LogP contribution >= 0.6 is 0 Å². The second kappa shape index (κ2) is 9.80. The summed E-state index contributed by atoms with van der Waals surface area (Å²) in [6.45, 7) is 5.84. The average molecular weight is 322 g/mol. The SMILES string of the molecule is CCCc1cnc(N2CCC(O)CC2)nc1.OC1CCNCC1. The second-order valence-electron chi connectivity index (χ2n) is 6.34. The quantitative estimate of drug-likeness (QED) is 0.774. The summed E-state index contributed by atoms with van der Waals surface area (Å²) in [7, 11) is 0. The molecule has 6 heteroatoms. The number of hydrogen-bond acceptors (Lipinski definition) is 6. The van der Waals surface area contributed by atoms with Crippen molar-refractivity contribution in [3.8, 4) is 0 Å². The Kier molecular flexibility index (Phi) is 7.71. The molecule has 3 N–H and O–H groups in total. The molecule has 130 valence electrons. The lowest BCUT2D eigenvalue weighted by Gasteiger charge is -2.29. The lowest BCUT2D eigenvalue weighted by Crippen LogP contribution is -2.36. The van der Waals surface area contributed by atoms with Gasteiger partial charge in [0.25, 0.3) is 0 Å². The van der Waals surface area contributed by atoms with E-state index in [1.54, 1.807) is 0 Å². The third kappa shape index (κ3) is 6.41. The molecule has 0 amide bonds. The first-order valence-corrected chi connectivity index (χ1v) is 8.81. The highest BCUT2D eigenvalue weighted by atomic mass is 16.3. The van der Waals surface area contributed by atoms with E-state index < -0.39 is 0 Å². The summed E-state index contributed by atoms with van der Waals surface area (Å²) in [5, 5.41) is 21.4. The Balaban J connectivity index is 0.000000229. The molecule has 0 aliphatic carbocycles. The Bertz CT molecular complexity index is 427. The van der Waals surface area contributed by atoms with Gasteiger partial charge in [-0.1, -0.05) is 13.3 Å². The smallest absolute Gasteiger partial charge is 0.225 e. The van der Waals surface area contributed by atoms with E-state index in [4.69, 9.17) is 5.11 Å². The van der Waals surface area contributed by atoms with Crippen molar-refractivity contribution in [1.82, 2.24) is 15.3 Å². The average Bonchev–Trinajstić information content (AvgIpc) is 2.58. The molecule has 0 bridgehead atoms. The minimum atomic E-state index is -0.143. The number of rotatable bonds is 3. The van der Waals surface area contributed by atoms with E-state index in [-0.39, 0.29) is 12.2 Å². The number of piperidine rings is 2. The Morgan fingerprint density at radius 1 is 1.04 bits per heavy atom. The topological polar surface area (TPSA) is 81.5 Å². The Hall–Kier alpha value is -1.24. The number of aliphatic hydroxyl groups is 2. The van der Waals surface area contributed by atoms with Crippen LogP contribution in [-0.2, 0) is 6.42 Å². The van der Waals surface area contributed by atoms with Crippen LogP contribution in [0.2, 0.25) is 0 Å². The monoisotopic (exact) mass is 322 g/mol. The molecule has 3 rings (SSSR count). The summed E-state index contributed by atoms with van der Waals surface area (Å²) in [6, 6.07) is 0.